The van der Waals surface area contributed by atoms with Gasteiger partial charge < -0.3 is 10.6 Å². The van der Waals surface area contributed by atoms with Gasteiger partial charge in [0.25, 0.3) is 0 Å². The molecule has 5 nitrogen and oxygen atoms in total. The average Bonchev–Trinajstić information content (AvgIpc) is 2.76. The van der Waals surface area contributed by atoms with E-state index in [0.717, 1.165) is 24.4 Å². The summed E-state index contributed by atoms with van der Waals surface area (Å²) >= 11 is 0. The molecule has 0 bridgehead atoms. The highest BCUT2D eigenvalue weighted by atomic mass is 19.4. The number of hydrogen-bond donors (Lipinski definition) is 2. The number of anilines is 2. The van der Waals surface area contributed by atoms with E-state index in [1.54, 1.807) is 20.8 Å². The minimum atomic E-state index is -4.66. The number of amides is 1. The number of nitrogens with one attached hydrogen (secondary N) is 2. The molecule has 36 heavy (non-hydrogen) atoms. The largest absolute Gasteiger partial charge is 0.417 e. The molecule has 1 aromatic heterocycles. The van der Waals surface area contributed by atoms with Crippen LogP contribution < -0.4 is 10.6 Å². The Balaban J connectivity index is 2.23. The summed E-state index contributed by atoms with van der Waals surface area (Å²) in [4.78, 5) is 20.0. The van der Waals surface area contributed by atoms with Crippen LogP contribution in [0.3, 0.4) is 0 Å². The number of alkyl halides is 3. The average molecular weight is 502 g/mol. The summed E-state index contributed by atoms with van der Waals surface area (Å²) in [6, 6.07) is 6.64. The Morgan fingerprint density at radius 3 is 2.25 bits per heavy atom. The van der Waals surface area contributed by atoms with Gasteiger partial charge in [-0.2, -0.15) is 13.2 Å². The first-order valence-electron chi connectivity index (χ1n) is 10.7. The van der Waals surface area contributed by atoms with Crippen LogP contribution in [0.15, 0.2) is 54.7 Å². The maximum Gasteiger partial charge on any atom is 0.417 e. The van der Waals surface area contributed by atoms with Gasteiger partial charge in [-0.1, -0.05) is 30.4 Å². The fourth-order valence-corrected chi connectivity index (χ4v) is 3.60. The summed E-state index contributed by atoms with van der Waals surface area (Å²) in [6.07, 6.45) is -3.50. The van der Waals surface area contributed by atoms with E-state index in [1.165, 1.54) is 25.1 Å². The summed E-state index contributed by atoms with van der Waals surface area (Å²) in [7, 11) is 0. The molecule has 0 aliphatic rings. The molecule has 0 atom stereocenters. The Hall–Kier alpha value is -4.08. The van der Waals surface area contributed by atoms with Crippen molar-refractivity contribution in [1.29, 1.82) is 0 Å². The molecule has 2 N–H and O–H groups in total. The lowest BCUT2D eigenvalue weighted by Gasteiger charge is -2.20. The van der Waals surface area contributed by atoms with Crippen LogP contribution >= 0.6 is 0 Å². The van der Waals surface area contributed by atoms with Gasteiger partial charge in [-0.25, -0.2) is 18.7 Å². The quantitative estimate of drug-likeness (QED) is 0.347. The monoisotopic (exact) mass is 502 g/mol. The van der Waals surface area contributed by atoms with Gasteiger partial charge in [0.2, 0.25) is 5.91 Å². The van der Waals surface area contributed by atoms with Crippen LogP contribution in [-0.4, -0.2) is 15.9 Å². The molecular weight excluding hydrogens is 479 g/mol. The summed E-state index contributed by atoms with van der Waals surface area (Å²) in [5.41, 5.74) is 0.153. The first kappa shape index (κ1) is 26.5. The normalized spacial score (nSPS) is 11.1. The minimum absolute atomic E-state index is 0.0536. The zero-order chi connectivity index (χ0) is 26.8. The molecule has 0 fully saturated rings. The minimum Gasteiger partial charge on any atom is -0.338 e. The summed E-state index contributed by atoms with van der Waals surface area (Å²) in [5, 5.41) is 5.46. The second-order valence-corrected chi connectivity index (χ2v) is 8.27. The second kappa shape index (κ2) is 10.3. The molecule has 0 aliphatic carbocycles. The lowest BCUT2D eigenvalue weighted by Crippen LogP contribution is -2.14. The number of halogens is 5. The first-order valence-corrected chi connectivity index (χ1v) is 10.7. The van der Waals surface area contributed by atoms with Crippen molar-refractivity contribution < 1.29 is 26.7 Å². The molecule has 3 rings (SSSR count). The lowest BCUT2D eigenvalue weighted by atomic mass is 9.96. The third kappa shape index (κ3) is 5.76. The van der Waals surface area contributed by atoms with Crippen LogP contribution in [-0.2, 0) is 11.0 Å². The molecule has 0 unspecified atom stereocenters. The van der Waals surface area contributed by atoms with Gasteiger partial charge in [-0.05, 0) is 38.5 Å². The van der Waals surface area contributed by atoms with Crippen molar-refractivity contribution in [2.24, 2.45) is 0 Å². The Kier molecular flexibility index (Phi) is 7.57. The Labute approximate surface area is 204 Å². The van der Waals surface area contributed by atoms with Crippen LogP contribution in [0.2, 0.25) is 0 Å². The van der Waals surface area contributed by atoms with Crippen molar-refractivity contribution in [2.45, 2.75) is 33.9 Å². The smallest absolute Gasteiger partial charge is 0.338 e. The Morgan fingerprint density at radius 1 is 1.00 bits per heavy atom. The maximum absolute atomic E-state index is 14.7. The van der Waals surface area contributed by atoms with Crippen LogP contribution in [0.1, 0.15) is 44.4 Å². The van der Waals surface area contributed by atoms with Crippen molar-refractivity contribution >= 4 is 28.7 Å². The van der Waals surface area contributed by atoms with Gasteiger partial charge in [0.15, 0.2) is 11.6 Å². The fourth-order valence-electron chi connectivity index (χ4n) is 3.60. The molecule has 0 saturated heterocycles. The summed E-state index contributed by atoms with van der Waals surface area (Å²) in [5.74, 6) is -2.48. The van der Waals surface area contributed by atoms with Crippen molar-refractivity contribution in [1.82, 2.24) is 9.97 Å². The van der Waals surface area contributed by atoms with Crippen molar-refractivity contribution in [2.75, 3.05) is 10.6 Å². The number of nitrogens with zero attached hydrogens (tertiary/aromatic N) is 2. The van der Waals surface area contributed by atoms with Gasteiger partial charge in [0, 0.05) is 35.4 Å². The number of allylic oxidation sites excluding steroid dienone is 2. The zero-order valence-electron chi connectivity index (χ0n) is 19.9. The predicted molar refractivity (Wildman–Crippen MR) is 130 cm³/mol. The molecule has 0 aliphatic heterocycles. The molecule has 10 heteroatoms. The molecule has 0 spiro atoms. The molecule has 3 aromatic rings. The highest BCUT2D eigenvalue weighted by Gasteiger charge is 2.34. The molecular formula is C26H23F5N4O. The van der Waals surface area contributed by atoms with E-state index in [0.29, 0.717) is 11.1 Å². The van der Waals surface area contributed by atoms with Gasteiger partial charge >= 0.3 is 6.18 Å². The van der Waals surface area contributed by atoms with E-state index >= 15 is 0 Å². The predicted octanol–water partition coefficient (Wildman–Crippen LogP) is 7.30. The first-order chi connectivity index (χ1) is 16.8. The Bertz CT molecular complexity index is 1380. The third-order valence-electron chi connectivity index (χ3n) is 5.07. The third-order valence-corrected chi connectivity index (χ3v) is 5.07. The van der Waals surface area contributed by atoms with Gasteiger partial charge in [0.1, 0.15) is 17.3 Å². The van der Waals surface area contributed by atoms with Gasteiger partial charge in [-0.15, -0.1) is 0 Å². The summed E-state index contributed by atoms with van der Waals surface area (Å²) < 4.78 is 69.7. The second-order valence-electron chi connectivity index (χ2n) is 8.27. The molecule has 188 valence electrons. The van der Waals surface area contributed by atoms with E-state index in [-0.39, 0.29) is 39.7 Å². The number of benzene rings is 2. The van der Waals surface area contributed by atoms with Crippen molar-refractivity contribution in [3.63, 3.8) is 0 Å². The lowest BCUT2D eigenvalue weighted by molar-refractivity contribution is -0.137. The SMILES string of the molecule is C=C(C)c1c(F)cc(F)cc1C(Nc1nc(-c2ccccc2C(F)(F)F)ncc1NC(C)=O)=C(C)C. The van der Waals surface area contributed by atoms with Crippen molar-refractivity contribution in [3.8, 4) is 11.4 Å². The molecule has 0 radical (unpaired) electrons. The van der Waals surface area contributed by atoms with Crippen LogP contribution in [0.5, 0.6) is 0 Å². The maximum atomic E-state index is 14.7. The van der Waals surface area contributed by atoms with Crippen LogP contribution in [0.25, 0.3) is 22.7 Å². The highest BCUT2D eigenvalue weighted by Crippen LogP contribution is 2.37. The summed E-state index contributed by atoms with van der Waals surface area (Å²) in [6.45, 7) is 9.91. The number of rotatable bonds is 6. The van der Waals surface area contributed by atoms with Crippen LogP contribution in [0, 0.1) is 11.6 Å². The Morgan fingerprint density at radius 2 is 1.67 bits per heavy atom. The van der Waals surface area contributed by atoms with E-state index < -0.39 is 29.3 Å². The molecule has 2 aromatic carbocycles. The highest BCUT2D eigenvalue weighted by molar-refractivity contribution is 5.94. The fraction of sp³-hybridized carbons (Fsp3) is 0.192. The number of aromatic nitrogens is 2. The van der Waals surface area contributed by atoms with E-state index in [2.05, 4.69) is 27.2 Å². The molecule has 0 saturated carbocycles. The number of carbonyl (C=O) groups excluding carboxylic acids is 1. The number of carbonyl (C=O) groups is 1. The topological polar surface area (TPSA) is 66.9 Å². The molecule has 1 heterocycles. The molecule has 1 amide bonds. The van der Waals surface area contributed by atoms with Gasteiger partial charge in [0.05, 0.1) is 11.8 Å². The van der Waals surface area contributed by atoms with E-state index in [9.17, 15) is 26.7 Å². The van der Waals surface area contributed by atoms with E-state index in [1.807, 2.05) is 0 Å². The van der Waals surface area contributed by atoms with E-state index in [4.69, 9.17) is 0 Å². The van der Waals surface area contributed by atoms with Crippen LogP contribution in [0.4, 0.5) is 33.5 Å². The van der Waals surface area contributed by atoms with Crippen molar-refractivity contribution in [3.05, 3.63) is 83.1 Å². The zero-order valence-corrected chi connectivity index (χ0v) is 19.9. The standard InChI is InChI=1S/C26H23F5N4O/c1-13(2)22-18(10-16(27)11-20(22)28)23(14(3)4)34-25-21(33-15(5)36)12-32-24(35-25)17-8-6-7-9-19(17)26(29,30)31/h6-12H,1H2,2-5H3,(H,33,36)(H,32,34,35). The number of hydrogen-bond acceptors (Lipinski definition) is 4. The van der Waals surface area contributed by atoms with Gasteiger partial charge in [-0.3, -0.25) is 4.79 Å².